The van der Waals surface area contributed by atoms with Gasteiger partial charge in [0.15, 0.2) is 0 Å². The lowest BCUT2D eigenvalue weighted by molar-refractivity contribution is 1.25. The SMILES string of the molecule is Cc1cc(C=CC#N)cc(C)c1-c1cccc2cnc(Nc3ccc(C#N)cn3)cc12. The summed E-state index contributed by atoms with van der Waals surface area (Å²) in [4.78, 5) is 8.78. The number of hydrogen-bond donors (Lipinski definition) is 1. The van der Waals surface area contributed by atoms with E-state index in [0.29, 0.717) is 17.2 Å². The van der Waals surface area contributed by atoms with Gasteiger partial charge in [-0.25, -0.2) is 9.97 Å². The Balaban J connectivity index is 1.78. The number of anilines is 2. The second-order valence-corrected chi connectivity index (χ2v) is 7.26. The van der Waals surface area contributed by atoms with Gasteiger partial charge < -0.3 is 5.32 Å². The first-order valence-corrected chi connectivity index (χ1v) is 9.79. The molecule has 0 saturated heterocycles. The van der Waals surface area contributed by atoms with Crippen molar-refractivity contribution < 1.29 is 0 Å². The molecule has 0 atom stereocenters. The molecule has 31 heavy (non-hydrogen) atoms. The maximum absolute atomic E-state index is 8.94. The minimum atomic E-state index is 0.512. The second-order valence-electron chi connectivity index (χ2n) is 7.26. The molecule has 0 spiro atoms. The van der Waals surface area contributed by atoms with Gasteiger partial charge >= 0.3 is 0 Å². The third-order valence-corrected chi connectivity index (χ3v) is 5.09. The first-order chi connectivity index (χ1) is 15.1. The number of rotatable bonds is 4. The summed E-state index contributed by atoms with van der Waals surface area (Å²) in [5.41, 5.74) is 6.11. The Morgan fingerprint density at radius 3 is 2.35 bits per heavy atom. The minimum absolute atomic E-state index is 0.512. The number of fused-ring (bicyclic) bond motifs is 1. The molecular weight excluding hydrogens is 382 g/mol. The molecule has 1 N–H and O–H groups in total. The van der Waals surface area contributed by atoms with Crippen LogP contribution < -0.4 is 5.32 Å². The molecule has 0 unspecified atom stereocenters. The Kier molecular flexibility index (Phi) is 5.43. The zero-order valence-electron chi connectivity index (χ0n) is 17.2. The number of pyridine rings is 2. The van der Waals surface area contributed by atoms with E-state index in [9.17, 15) is 0 Å². The van der Waals surface area contributed by atoms with Crippen LogP contribution in [0.15, 0.2) is 67.0 Å². The molecular formula is C26H19N5. The zero-order chi connectivity index (χ0) is 21.8. The monoisotopic (exact) mass is 401 g/mol. The zero-order valence-corrected chi connectivity index (χ0v) is 17.2. The highest BCUT2D eigenvalue weighted by Crippen LogP contribution is 2.35. The Bertz CT molecular complexity index is 1360. The summed E-state index contributed by atoms with van der Waals surface area (Å²) < 4.78 is 0. The van der Waals surface area contributed by atoms with E-state index in [2.05, 4.69) is 53.4 Å². The van der Waals surface area contributed by atoms with E-state index in [4.69, 9.17) is 10.5 Å². The van der Waals surface area contributed by atoms with Crippen molar-refractivity contribution in [3.8, 4) is 23.3 Å². The topological polar surface area (TPSA) is 85.4 Å². The molecule has 2 heterocycles. The molecule has 148 valence electrons. The lowest BCUT2D eigenvalue weighted by Gasteiger charge is -2.15. The Labute approximate surface area is 181 Å². The molecule has 5 heteroatoms. The standard InChI is InChI=1S/C26H19N5/c1-17-11-19(5-4-10-27)12-18(2)26(17)22-7-3-6-21-16-30-25(13-23(21)22)31-24-9-8-20(14-28)15-29-24/h3-9,11-13,15-16H,1-2H3,(H,29,30,31). The molecule has 0 fully saturated rings. The van der Waals surface area contributed by atoms with Crippen molar-refractivity contribution in [3.05, 3.63) is 89.3 Å². The van der Waals surface area contributed by atoms with Crippen LogP contribution in [0, 0.1) is 36.5 Å². The van der Waals surface area contributed by atoms with E-state index in [1.165, 1.54) is 17.8 Å². The van der Waals surface area contributed by atoms with Gasteiger partial charge in [-0.3, -0.25) is 0 Å². The van der Waals surface area contributed by atoms with Gasteiger partial charge in [0.25, 0.3) is 0 Å². The van der Waals surface area contributed by atoms with Crippen molar-refractivity contribution in [1.82, 2.24) is 9.97 Å². The van der Waals surface area contributed by atoms with Crippen molar-refractivity contribution in [1.29, 1.82) is 10.5 Å². The molecule has 5 nitrogen and oxygen atoms in total. The Hall–Kier alpha value is -4.48. The molecule has 0 bridgehead atoms. The van der Waals surface area contributed by atoms with Gasteiger partial charge in [-0.15, -0.1) is 0 Å². The summed E-state index contributed by atoms with van der Waals surface area (Å²) in [7, 11) is 0. The van der Waals surface area contributed by atoms with Crippen molar-refractivity contribution >= 4 is 28.5 Å². The Morgan fingerprint density at radius 1 is 0.903 bits per heavy atom. The molecule has 0 aliphatic rings. The highest BCUT2D eigenvalue weighted by Gasteiger charge is 2.12. The van der Waals surface area contributed by atoms with E-state index >= 15 is 0 Å². The number of hydrogen-bond acceptors (Lipinski definition) is 5. The van der Waals surface area contributed by atoms with E-state index in [1.54, 1.807) is 12.1 Å². The lowest BCUT2D eigenvalue weighted by Crippen LogP contribution is -1.97. The van der Waals surface area contributed by atoms with E-state index in [-0.39, 0.29) is 0 Å². The first-order valence-electron chi connectivity index (χ1n) is 9.79. The summed E-state index contributed by atoms with van der Waals surface area (Å²) in [6.45, 7) is 4.18. The van der Waals surface area contributed by atoms with E-state index < -0.39 is 0 Å². The molecule has 2 aromatic carbocycles. The van der Waals surface area contributed by atoms with E-state index in [1.807, 2.05) is 36.5 Å². The van der Waals surface area contributed by atoms with Crippen LogP contribution in [-0.2, 0) is 0 Å². The molecule has 4 rings (SSSR count). The largest absolute Gasteiger partial charge is 0.325 e. The molecule has 0 aliphatic heterocycles. The lowest BCUT2D eigenvalue weighted by atomic mass is 9.90. The maximum atomic E-state index is 8.94. The predicted octanol–water partition coefficient (Wildman–Crippen LogP) is 6.07. The van der Waals surface area contributed by atoms with E-state index in [0.717, 1.165) is 33.0 Å². The van der Waals surface area contributed by atoms with Gasteiger partial charge in [0.2, 0.25) is 0 Å². The van der Waals surface area contributed by atoms with Crippen LogP contribution >= 0.6 is 0 Å². The average molecular weight is 401 g/mol. The van der Waals surface area contributed by atoms with Crippen LogP contribution in [0.2, 0.25) is 0 Å². The smallest absolute Gasteiger partial charge is 0.132 e. The summed E-state index contributed by atoms with van der Waals surface area (Å²) in [6, 6.07) is 20.0. The summed E-state index contributed by atoms with van der Waals surface area (Å²) >= 11 is 0. The average Bonchev–Trinajstić information content (AvgIpc) is 2.78. The Morgan fingerprint density at radius 2 is 1.68 bits per heavy atom. The van der Waals surface area contributed by atoms with Crippen LogP contribution in [-0.4, -0.2) is 9.97 Å². The van der Waals surface area contributed by atoms with Crippen molar-refractivity contribution in [3.63, 3.8) is 0 Å². The maximum Gasteiger partial charge on any atom is 0.132 e. The number of benzene rings is 2. The molecule has 0 radical (unpaired) electrons. The number of nitriles is 2. The number of nitrogens with zero attached hydrogens (tertiary/aromatic N) is 4. The van der Waals surface area contributed by atoms with Crippen LogP contribution in [0.3, 0.4) is 0 Å². The first kappa shape index (κ1) is 19.8. The predicted molar refractivity (Wildman–Crippen MR) is 124 cm³/mol. The number of allylic oxidation sites excluding steroid dienone is 1. The molecule has 4 aromatic rings. The van der Waals surface area contributed by atoms with Gasteiger partial charge in [-0.1, -0.05) is 30.3 Å². The van der Waals surface area contributed by atoms with Crippen molar-refractivity contribution in [2.75, 3.05) is 5.32 Å². The van der Waals surface area contributed by atoms with Gasteiger partial charge in [0, 0.05) is 23.9 Å². The minimum Gasteiger partial charge on any atom is -0.325 e. The van der Waals surface area contributed by atoms with Crippen LogP contribution in [0.4, 0.5) is 11.6 Å². The summed E-state index contributed by atoms with van der Waals surface area (Å²) in [5.74, 6) is 1.31. The molecule has 2 aromatic heterocycles. The molecule has 0 saturated carbocycles. The summed E-state index contributed by atoms with van der Waals surface area (Å²) in [5, 5.41) is 23.1. The van der Waals surface area contributed by atoms with Gasteiger partial charge in [0.1, 0.15) is 17.7 Å². The van der Waals surface area contributed by atoms with Gasteiger partial charge in [0.05, 0.1) is 11.6 Å². The fourth-order valence-corrected chi connectivity index (χ4v) is 3.77. The van der Waals surface area contributed by atoms with Gasteiger partial charge in [-0.2, -0.15) is 10.5 Å². The van der Waals surface area contributed by atoms with Gasteiger partial charge in [-0.05, 0) is 71.3 Å². The van der Waals surface area contributed by atoms with Crippen LogP contribution in [0.1, 0.15) is 22.3 Å². The van der Waals surface area contributed by atoms with Crippen LogP contribution in [0.25, 0.3) is 28.0 Å². The molecule has 0 aliphatic carbocycles. The quantitative estimate of drug-likeness (QED) is 0.420. The molecule has 0 amide bonds. The fraction of sp³-hybridized carbons (Fsp3) is 0.0769. The highest BCUT2D eigenvalue weighted by molar-refractivity contribution is 5.99. The third-order valence-electron chi connectivity index (χ3n) is 5.09. The van der Waals surface area contributed by atoms with Crippen molar-refractivity contribution in [2.24, 2.45) is 0 Å². The third kappa shape index (κ3) is 4.12. The number of aromatic nitrogens is 2. The highest BCUT2D eigenvalue weighted by atomic mass is 15.0. The fourth-order valence-electron chi connectivity index (χ4n) is 3.77. The van der Waals surface area contributed by atoms with Crippen LogP contribution in [0.5, 0.6) is 0 Å². The summed E-state index contributed by atoms with van der Waals surface area (Å²) in [6.07, 6.45) is 6.69. The number of aryl methyl sites for hydroxylation is 2. The van der Waals surface area contributed by atoms with Crippen molar-refractivity contribution in [2.45, 2.75) is 13.8 Å². The number of nitrogens with one attached hydrogen (secondary N) is 1. The normalized spacial score (nSPS) is 10.7. The second kappa shape index (κ2) is 8.49.